The summed E-state index contributed by atoms with van der Waals surface area (Å²) in [6, 6.07) is 5.55. The van der Waals surface area contributed by atoms with Gasteiger partial charge in [0.25, 0.3) is 5.91 Å². The van der Waals surface area contributed by atoms with E-state index in [0.29, 0.717) is 40.4 Å². The highest BCUT2D eigenvalue weighted by Gasteiger charge is 2.31. The molecule has 0 aromatic carbocycles. The molecular weight excluding hydrogens is 514 g/mol. The average Bonchev–Trinajstić information content (AvgIpc) is 3.67. The second-order valence-corrected chi connectivity index (χ2v) is 11.4. The predicted molar refractivity (Wildman–Crippen MR) is 151 cm³/mol. The number of anilines is 2. The van der Waals surface area contributed by atoms with Crippen molar-refractivity contribution < 1.29 is 9.59 Å². The summed E-state index contributed by atoms with van der Waals surface area (Å²) < 4.78 is 3.40. The number of amides is 2. The van der Waals surface area contributed by atoms with E-state index in [-0.39, 0.29) is 17.4 Å². The zero-order chi connectivity index (χ0) is 27.1. The molecule has 6 rings (SSSR count). The maximum absolute atomic E-state index is 13.3. The first-order valence-corrected chi connectivity index (χ1v) is 13.7. The molecule has 0 aliphatic carbocycles. The van der Waals surface area contributed by atoms with Gasteiger partial charge in [0.2, 0.25) is 5.91 Å². The molecule has 0 atom stereocenters. The Labute approximate surface area is 228 Å². The summed E-state index contributed by atoms with van der Waals surface area (Å²) in [5, 5.41) is 16.4. The SMILES string of the molecule is Cc1ncc(NC(=O)CCN2CCCC2(C)C)cc1NC(=O)c1cnn2cc(-n3ncc4cccnc43)sc12. The molecule has 200 valence electrons. The molecule has 0 spiro atoms. The lowest BCUT2D eigenvalue weighted by Gasteiger charge is -2.31. The van der Waals surface area contributed by atoms with Crippen molar-refractivity contribution in [3.05, 3.63) is 60.4 Å². The maximum Gasteiger partial charge on any atom is 0.260 e. The van der Waals surface area contributed by atoms with Crippen molar-refractivity contribution in [2.24, 2.45) is 0 Å². The fourth-order valence-electron chi connectivity index (χ4n) is 5.01. The fraction of sp³-hybridized carbons (Fsp3) is 0.333. The van der Waals surface area contributed by atoms with Gasteiger partial charge in [-0.15, -0.1) is 0 Å². The lowest BCUT2D eigenvalue weighted by molar-refractivity contribution is -0.116. The smallest absolute Gasteiger partial charge is 0.260 e. The van der Waals surface area contributed by atoms with Crippen molar-refractivity contribution in [2.45, 2.75) is 45.6 Å². The summed E-state index contributed by atoms with van der Waals surface area (Å²) in [7, 11) is 0. The Bertz CT molecular complexity index is 1700. The number of pyridine rings is 2. The van der Waals surface area contributed by atoms with Crippen LogP contribution in [0.4, 0.5) is 11.4 Å². The quantitative estimate of drug-likeness (QED) is 0.314. The molecule has 11 nitrogen and oxygen atoms in total. The highest BCUT2D eigenvalue weighted by atomic mass is 32.1. The first kappa shape index (κ1) is 25.1. The number of carbonyl (C=O) groups is 2. The second-order valence-electron chi connectivity index (χ2n) is 10.4. The predicted octanol–water partition coefficient (Wildman–Crippen LogP) is 4.29. The highest BCUT2D eigenvalue weighted by Crippen LogP contribution is 2.29. The first-order chi connectivity index (χ1) is 18.8. The zero-order valence-corrected chi connectivity index (χ0v) is 22.8. The van der Waals surface area contributed by atoms with Crippen LogP contribution in [0.2, 0.25) is 0 Å². The number of rotatable bonds is 7. The number of fused-ring (bicyclic) bond motifs is 2. The number of nitrogens with zero attached hydrogens (tertiary/aromatic N) is 7. The molecule has 12 heteroatoms. The van der Waals surface area contributed by atoms with Crippen molar-refractivity contribution >= 4 is 50.4 Å². The number of aryl methyl sites for hydroxylation is 1. The van der Waals surface area contributed by atoms with Crippen LogP contribution < -0.4 is 10.6 Å². The number of thiazole rings is 1. The van der Waals surface area contributed by atoms with Crippen molar-refractivity contribution in [1.82, 2.24) is 34.3 Å². The molecule has 2 amide bonds. The molecule has 0 bridgehead atoms. The van der Waals surface area contributed by atoms with E-state index < -0.39 is 0 Å². The third-order valence-electron chi connectivity index (χ3n) is 7.27. The third kappa shape index (κ3) is 4.88. The van der Waals surface area contributed by atoms with Crippen LogP contribution in [-0.2, 0) is 4.79 Å². The summed E-state index contributed by atoms with van der Waals surface area (Å²) >= 11 is 1.40. The number of likely N-dealkylation sites (tertiary alicyclic amines) is 1. The number of carbonyl (C=O) groups excluding carboxylic acids is 2. The zero-order valence-electron chi connectivity index (χ0n) is 22.0. The molecule has 1 aliphatic rings. The van der Waals surface area contributed by atoms with E-state index in [9.17, 15) is 9.59 Å². The molecule has 1 fully saturated rings. The first-order valence-electron chi connectivity index (χ1n) is 12.9. The van der Waals surface area contributed by atoms with E-state index in [0.717, 1.165) is 35.4 Å². The monoisotopic (exact) mass is 543 g/mol. The Balaban J connectivity index is 1.16. The van der Waals surface area contributed by atoms with Gasteiger partial charge in [-0.1, -0.05) is 11.3 Å². The lowest BCUT2D eigenvalue weighted by Crippen LogP contribution is -2.39. The number of aromatic nitrogens is 6. The summed E-state index contributed by atoms with van der Waals surface area (Å²) in [6.45, 7) is 7.99. The van der Waals surface area contributed by atoms with E-state index in [1.54, 1.807) is 40.1 Å². The maximum atomic E-state index is 13.3. The van der Waals surface area contributed by atoms with Crippen LogP contribution in [0.25, 0.3) is 20.9 Å². The van der Waals surface area contributed by atoms with E-state index in [1.807, 2.05) is 25.3 Å². The topological polar surface area (TPSA) is 122 Å². The largest absolute Gasteiger partial charge is 0.325 e. The van der Waals surface area contributed by atoms with Crippen LogP contribution in [0.15, 0.2) is 49.2 Å². The van der Waals surface area contributed by atoms with Gasteiger partial charge in [-0.25, -0.2) is 14.2 Å². The molecule has 0 radical (unpaired) electrons. The van der Waals surface area contributed by atoms with Crippen LogP contribution in [0.5, 0.6) is 0 Å². The van der Waals surface area contributed by atoms with Gasteiger partial charge in [0.15, 0.2) is 5.65 Å². The van der Waals surface area contributed by atoms with Crippen LogP contribution in [0.1, 0.15) is 49.2 Å². The Morgan fingerprint density at radius 2 is 2.00 bits per heavy atom. The lowest BCUT2D eigenvalue weighted by atomic mass is 10.0. The summed E-state index contributed by atoms with van der Waals surface area (Å²) in [5.41, 5.74) is 3.00. The van der Waals surface area contributed by atoms with Gasteiger partial charge >= 0.3 is 0 Å². The molecule has 5 aromatic rings. The van der Waals surface area contributed by atoms with E-state index in [2.05, 4.69) is 49.5 Å². The minimum atomic E-state index is -0.313. The summed E-state index contributed by atoms with van der Waals surface area (Å²) in [5.74, 6) is -0.391. The normalized spacial score (nSPS) is 15.3. The van der Waals surface area contributed by atoms with Gasteiger partial charge in [-0.3, -0.25) is 19.5 Å². The van der Waals surface area contributed by atoms with Crippen molar-refractivity contribution in [3.63, 3.8) is 0 Å². The Kier molecular flexibility index (Phi) is 6.35. The van der Waals surface area contributed by atoms with Crippen molar-refractivity contribution in [2.75, 3.05) is 23.7 Å². The summed E-state index contributed by atoms with van der Waals surface area (Å²) in [6.07, 6.45) is 11.2. The minimum Gasteiger partial charge on any atom is -0.325 e. The van der Waals surface area contributed by atoms with E-state index >= 15 is 0 Å². The van der Waals surface area contributed by atoms with E-state index in [4.69, 9.17) is 0 Å². The van der Waals surface area contributed by atoms with Crippen LogP contribution in [0.3, 0.4) is 0 Å². The molecule has 6 heterocycles. The second kappa shape index (κ2) is 9.86. The van der Waals surface area contributed by atoms with Crippen molar-refractivity contribution in [3.8, 4) is 5.00 Å². The number of hydrogen-bond acceptors (Lipinski definition) is 8. The standard InChI is InChI=1S/C27H29N9O2S/c1-17-21(12-19(14-29-17)32-22(37)7-11-34-10-5-8-27(34,2)3)33-25(38)20-15-30-35-16-23(39-26(20)35)36-24-18(13-31-36)6-4-9-28-24/h4,6,9,12-16H,5,7-8,10-11H2,1-3H3,(H,32,37)(H,33,38). The average molecular weight is 544 g/mol. The molecular formula is C27H29N9O2S. The van der Waals surface area contributed by atoms with Gasteiger partial charge in [-0.2, -0.15) is 10.2 Å². The molecule has 2 N–H and O–H groups in total. The molecule has 0 unspecified atom stereocenters. The molecule has 0 saturated carbocycles. The third-order valence-corrected chi connectivity index (χ3v) is 8.35. The Morgan fingerprint density at radius 3 is 2.82 bits per heavy atom. The van der Waals surface area contributed by atoms with Gasteiger partial charge in [-0.05, 0) is 58.4 Å². The Hall–Kier alpha value is -4.16. The van der Waals surface area contributed by atoms with Gasteiger partial charge in [0, 0.05) is 30.1 Å². The molecule has 1 saturated heterocycles. The fourth-order valence-corrected chi connectivity index (χ4v) is 6.03. The molecule has 5 aromatic heterocycles. The van der Waals surface area contributed by atoms with Gasteiger partial charge in [0.05, 0.1) is 47.4 Å². The van der Waals surface area contributed by atoms with E-state index in [1.165, 1.54) is 11.3 Å². The Morgan fingerprint density at radius 1 is 1.13 bits per heavy atom. The number of nitrogens with one attached hydrogen (secondary N) is 2. The van der Waals surface area contributed by atoms with Crippen LogP contribution >= 0.6 is 11.3 Å². The summed E-state index contributed by atoms with van der Waals surface area (Å²) in [4.78, 5) is 37.8. The van der Waals surface area contributed by atoms with Crippen molar-refractivity contribution in [1.29, 1.82) is 0 Å². The van der Waals surface area contributed by atoms with Gasteiger partial charge < -0.3 is 10.6 Å². The van der Waals surface area contributed by atoms with Crippen LogP contribution in [-0.4, -0.2) is 64.7 Å². The highest BCUT2D eigenvalue weighted by molar-refractivity contribution is 7.20. The molecule has 39 heavy (non-hydrogen) atoms. The molecule has 1 aliphatic heterocycles. The van der Waals surface area contributed by atoms with Gasteiger partial charge in [0.1, 0.15) is 9.83 Å². The number of hydrogen-bond donors (Lipinski definition) is 2. The minimum absolute atomic E-state index is 0.0780. The van der Waals surface area contributed by atoms with Crippen LogP contribution in [0, 0.1) is 6.92 Å².